The van der Waals surface area contributed by atoms with Crippen molar-refractivity contribution in [3.63, 3.8) is 0 Å². The van der Waals surface area contributed by atoms with Crippen LogP contribution < -0.4 is 0 Å². The predicted octanol–water partition coefficient (Wildman–Crippen LogP) is -2.65. The van der Waals surface area contributed by atoms with E-state index < -0.39 is 230 Å². The number of carbonyl (C=O) groups excluding carboxylic acids is 3. The standard InChI is InChI=1S/C60H92O28/c1-10-24(2)50(78)88-47-48(80-25(3)65)60(23-64)27(17-55(47,4)5)26-11-12-32-56(6)15-14-34(57(7,22-63)31(56)13-16-58(32,8)59(26,9)18-33(60)67)83-54-46(87-52-41(74)39(72)37(70)30(20-62)82-52)43(42(75)44(85-54)49(76)77)84-53-45(35(68)28(66)21-79-53)86-51-40(73)38(71)36(69)29(19-61)81-51/h10-11,22,27-48,51-54,61-62,64,66-75H,12-21,23H2,1-9H3,(H,76,77)/b24-10-/t27-,28-,29?,30+,31+,32+,33+,34-,35-,36?,37-,38?,39-,40?,41+,42-,43-,44-,45+,46+,47-,48-,51?,52-,53-,54+,56-,57-,58+,59+,60-/m0/s1. The third-order valence-corrected chi connectivity index (χ3v) is 22.6. The van der Waals surface area contributed by atoms with Crippen LogP contribution in [-0.2, 0) is 66.5 Å². The second kappa shape index (κ2) is 25.6. The molecule has 4 aliphatic heterocycles. The van der Waals surface area contributed by atoms with Gasteiger partial charge in [-0.15, -0.1) is 0 Å². The fourth-order valence-electron chi connectivity index (χ4n) is 17.3. The highest BCUT2D eigenvalue weighted by molar-refractivity contribution is 5.87. The van der Waals surface area contributed by atoms with E-state index in [1.807, 2.05) is 13.8 Å². The summed E-state index contributed by atoms with van der Waals surface area (Å²) >= 11 is 0. The number of hydrogen-bond donors (Lipinski definition) is 14. The predicted molar refractivity (Wildman–Crippen MR) is 295 cm³/mol. The van der Waals surface area contributed by atoms with Crippen molar-refractivity contribution in [2.45, 2.75) is 248 Å². The Morgan fingerprint density at radius 2 is 1.24 bits per heavy atom. The van der Waals surface area contributed by atoms with Gasteiger partial charge in [0.1, 0.15) is 104 Å². The number of ether oxygens (including phenoxy) is 10. The Kier molecular flexibility index (Phi) is 20.1. The number of fused-ring (bicyclic) bond motifs is 7. The summed E-state index contributed by atoms with van der Waals surface area (Å²) in [6, 6.07) is 0. The zero-order valence-electron chi connectivity index (χ0n) is 51.0. The van der Waals surface area contributed by atoms with E-state index >= 15 is 0 Å². The van der Waals surface area contributed by atoms with Gasteiger partial charge in [-0.1, -0.05) is 59.3 Å². The first-order chi connectivity index (χ1) is 41.2. The van der Waals surface area contributed by atoms with Crippen LogP contribution in [0.15, 0.2) is 23.3 Å². The molecule has 9 rings (SSSR count). The van der Waals surface area contributed by atoms with Crippen molar-refractivity contribution in [2.24, 2.45) is 50.2 Å². The molecule has 4 saturated carbocycles. The molecule has 0 amide bonds. The molecule has 88 heavy (non-hydrogen) atoms. The summed E-state index contributed by atoms with van der Waals surface area (Å²) in [6.07, 6.45) is -35.5. The molecule has 5 aliphatic carbocycles. The number of carboxylic acid groups (broad SMARTS) is 1. The Hall–Kier alpha value is -3.28. The number of carboxylic acids is 1. The second-order valence-electron chi connectivity index (χ2n) is 27.7. The van der Waals surface area contributed by atoms with E-state index in [9.17, 15) is 90.7 Å². The van der Waals surface area contributed by atoms with Crippen molar-refractivity contribution in [3.05, 3.63) is 23.3 Å². The van der Waals surface area contributed by atoms with Crippen LogP contribution in [0.1, 0.15) is 107 Å². The Morgan fingerprint density at radius 3 is 1.78 bits per heavy atom. The lowest BCUT2D eigenvalue weighted by Crippen LogP contribution is -2.72. The lowest BCUT2D eigenvalue weighted by molar-refractivity contribution is -0.400. The van der Waals surface area contributed by atoms with Gasteiger partial charge < -0.3 is 124 Å². The number of rotatable bonds is 16. The third kappa shape index (κ3) is 11.2. The van der Waals surface area contributed by atoms with Crippen LogP contribution in [0.3, 0.4) is 0 Å². The average Bonchev–Trinajstić information content (AvgIpc) is 0.673. The van der Waals surface area contributed by atoms with Gasteiger partial charge in [-0.25, -0.2) is 9.59 Å². The SMILES string of the molecule is C/C=C(/C)C(=O)O[C@H]1[C@H](OC(C)=O)[C@]2(CO)[C@H](O)C[C@]3(C)C(=CC[C@@H]4[C@@]5(C)CC[C@H](O[C@@H]6O[C@H](C(=O)O)[C@@H](O)[C@H](O[C@@H]7OC[C@H](O)[C@H](O)[C@H]7OC7OC(CO)C(O)C(O)C7O)[C@H]6O[C@@H]6O[C@H](CO)[C@H](O)[C@H](O)[C@H]6O)[C@@](C)(C=O)[C@@H]5CC[C@]43C)[C@@H]2CC1(C)C. The van der Waals surface area contributed by atoms with E-state index in [2.05, 4.69) is 26.8 Å². The monoisotopic (exact) mass is 1260 g/mol. The number of carbonyl (C=O) groups is 4. The molecule has 0 aromatic rings. The Morgan fingerprint density at radius 1 is 0.648 bits per heavy atom. The number of esters is 2. The first-order valence-electron chi connectivity index (χ1n) is 30.5. The highest BCUT2D eigenvalue weighted by Gasteiger charge is 2.74. The Labute approximate surface area is 509 Å². The highest BCUT2D eigenvalue weighted by Crippen LogP contribution is 2.76. The van der Waals surface area contributed by atoms with Crippen molar-refractivity contribution in [3.8, 4) is 0 Å². The van der Waals surface area contributed by atoms with Crippen molar-refractivity contribution < 1.29 is 138 Å². The largest absolute Gasteiger partial charge is 0.479 e. The number of aliphatic carboxylic acids is 1. The van der Waals surface area contributed by atoms with E-state index in [0.29, 0.717) is 37.7 Å². The van der Waals surface area contributed by atoms with E-state index in [-0.39, 0.29) is 18.8 Å². The molecule has 4 saturated heterocycles. The van der Waals surface area contributed by atoms with Gasteiger partial charge in [0.05, 0.1) is 49.5 Å². The summed E-state index contributed by atoms with van der Waals surface area (Å²) in [7, 11) is 0. The summed E-state index contributed by atoms with van der Waals surface area (Å²) in [4.78, 5) is 53.9. The van der Waals surface area contributed by atoms with Gasteiger partial charge in [0.2, 0.25) is 0 Å². The molecule has 0 bridgehead atoms. The number of hydrogen-bond acceptors (Lipinski definition) is 27. The average molecular weight is 1260 g/mol. The van der Waals surface area contributed by atoms with E-state index in [1.54, 1.807) is 26.8 Å². The molecule has 9 aliphatic rings. The minimum atomic E-state index is -2.32. The lowest BCUT2D eigenvalue weighted by Gasteiger charge is -2.72. The van der Waals surface area contributed by atoms with Crippen LogP contribution in [0.2, 0.25) is 0 Å². The zero-order chi connectivity index (χ0) is 64.9. The van der Waals surface area contributed by atoms with Crippen molar-refractivity contribution in [2.75, 3.05) is 26.4 Å². The first-order valence-corrected chi connectivity index (χ1v) is 30.5. The normalized spacial score (nSPS) is 51.1. The third-order valence-electron chi connectivity index (χ3n) is 22.6. The van der Waals surface area contributed by atoms with Crippen LogP contribution in [0, 0.1) is 50.2 Å². The molecule has 5 unspecified atom stereocenters. The maximum atomic E-state index is 14.2. The van der Waals surface area contributed by atoms with Gasteiger partial charge >= 0.3 is 17.9 Å². The molecule has 31 atom stereocenters. The van der Waals surface area contributed by atoms with Crippen molar-refractivity contribution in [1.82, 2.24) is 0 Å². The summed E-state index contributed by atoms with van der Waals surface area (Å²) in [5, 5.41) is 154. The molecule has 0 spiro atoms. The maximum absolute atomic E-state index is 14.2. The number of aliphatic hydroxyl groups is 13. The highest BCUT2D eigenvalue weighted by atomic mass is 16.8. The van der Waals surface area contributed by atoms with Crippen molar-refractivity contribution >= 4 is 24.2 Å². The minimum Gasteiger partial charge on any atom is -0.479 e. The Bertz CT molecular complexity index is 2600. The molecule has 0 aromatic carbocycles. The zero-order valence-corrected chi connectivity index (χ0v) is 51.0. The maximum Gasteiger partial charge on any atom is 0.335 e. The fraction of sp³-hybridized carbons (Fsp3) is 0.867. The lowest BCUT2D eigenvalue weighted by atomic mass is 9.33. The van der Waals surface area contributed by atoms with Crippen LogP contribution >= 0.6 is 0 Å². The topological polar surface area (TPSA) is 444 Å². The number of aliphatic hydroxyl groups excluding tert-OH is 13. The second-order valence-corrected chi connectivity index (χ2v) is 27.7. The minimum absolute atomic E-state index is 0.0926. The molecule has 14 N–H and O–H groups in total. The molecule has 28 nitrogen and oxygen atoms in total. The fourth-order valence-corrected chi connectivity index (χ4v) is 17.3. The summed E-state index contributed by atoms with van der Waals surface area (Å²) in [5.74, 6) is -4.31. The molecule has 0 radical (unpaired) electrons. The number of aldehydes is 1. The van der Waals surface area contributed by atoms with Gasteiger partial charge in [-0.05, 0) is 92.8 Å². The van der Waals surface area contributed by atoms with Crippen LogP contribution in [0.5, 0.6) is 0 Å². The first kappa shape index (κ1) is 69.1. The summed E-state index contributed by atoms with van der Waals surface area (Å²) < 4.78 is 60.6. The van der Waals surface area contributed by atoms with Gasteiger partial charge in [0.15, 0.2) is 31.3 Å². The molecular weight excluding hydrogens is 1170 g/mol. The van der Waals surface area contributed by atoms with Gasteiger partial charge in [0.25, 0.3) is 0 Å². The van der Waals surface area contributed by atoms with Crippen LogP contribution in [0.25, 0.3) is 0 Å². The molecule has 8 fully saturated rings. The molecule has 28 heteroatoms. The molecule has 0 aromatic heterocycles. The van der Waals surface area contributed by atoms with Gasteiger partial charge in [0, 0.05) is 17.9 Å². The summed E-state index contributed by atoms with van der Waals surface area (Å²) in [6.45, 7) is 13.4. The Balaban J connectivity index is 1.05. The molecule has 4 heterocycles. The number of allylic oxidation sites excluding steroid dienone is 3. The summed E-state index contributed by atoms with van der Waals surface area (Å²) in [5.41, 5.74) is -4.52. The van der Waals surface area contributed by atoms with Gasteiger partial charge in [-0.3, -0.25) is 4.79 Å². The van der Waals surface area contributed by atoms with Gasteiger partial charge in [-0.2, -0.15) is 0 Å². The smallest absolute Gasteiger partial charge is 0.335 e. The van der Waals surface area contributed by atoms with E-state index in [4.69, 9.17) is 47.4 Å². The van der Waals surface area contributed by atoms with E-state index in [1.165, 1.54) is 6.92 Å². The van der Waals surface area contributed by atoms with Crippen molar-refractivity contribution in [1.29, 1.82) is 0 Å². The molecular formula is C60H92O28. The van der Waals surface area contributed by atoms with Crippen LogP contribution in [0.4, 0.5) is 0 Å². The van der Waals surface area contributed by atoms with E-state index in [0.717, 1.165) is 11.9 Å². The molecule has 500 valence electrons. The quantitative estimate of drug-likeness (QED) is 0.0247. The van der Waals surface area contributed by atoms with Crippen LogP contribution in [-0.4, -0.2) is 263 Å².